The van der Waals surface area contributed by atoms with Gasteiger partial charge in [-0.15, -0.1) is 0 Å². The van der Waals surface area contributed by atoms with E-state index in [4.69, 9.17) is 4.74 Å². The van der Waals surface area contributed by atoms with Crippen molar-refractivity contribution in [3.8, 4) is 11.6 Å². The second kappa shape index (κ2) is 6.46. The van der Waals surface area contributed by atoms with Gasteiger partial charge in [-0.05, 0) is 24.3 Å². The van der Waals surface area contributed by atoms with Crippen LogP contribution in [0.5, 0.6) is 11.6 Å². The number of aromatic nitrogens is 1. The zero-order chi connectivity index (χ0) is 16.2. The van der Waals surface area contributed by atoms with Gasteiger partial charge in [0.1, 0.15) is 5.75 Å². The zero-order valence-corrected chi connectivity index (χ0v) is 12.0. The van der Waals surface area contributed by atoms with Crippen molar-refractivity contribution in [2.24, 2.45) is 4.99 Å². The molecule has 0 saturated heterocycles. The van der Waals surface area contributed by atoms with E-state index in [9.17, 15) is 13.2 Å². The maximum absolute atomic E-state index is 12.7. The summed E-state index contributed by atoms with van der Waals surface area (Å²) in [5.41, 5.74) is -0.771. The van der Waals surface area contributed by atoms with Gasteiger partial charge in [0, 0.05) is 20.2 Å². The summed E-state index contributed by atoms with van der Waals surface area (Å²) >= 11 is 0. The molecule has 1 aromatic carbocycles. The van der Waals surface area contributed by atoms with Crippen LogP contribution in [0.3, 0.4) is 0 Å². The van der Waals surface area contributed by atoms with Crippen LogP contribution in [0, 0.1) is 0 Å². The van der Waals surface area contributed by atoms with Crippen molar-refractivity contribution in [2.45, 2.75) is 6.18 Å². The molecule has 116 valence electrons. The lowest BCUT2D eigenvalue weighted by Crippen LogP contribution is -2.07. The molecule has 7 heteroatoms. The quantitative estimate of drug-likeness (QED) is 0.630. The second-order valence-electron chi connectivity index (χ2n) is 4.67. The normalized spacial score (nSPS) is 11.7. The maximum atomic E-state index is 12.7. The van der Waals surface area contributed by atoms with E-state index < -0.39 is 11.7 Å². The number of hydrogen-bond donors (Lipinski definition) is 0. The summed E-state index contributed by atoms with van der Waals surface area (Å²) in [5.74, 6) is 0.641. The zero-order valence-electron chi connectivity index (χ0n) is 12.0. The number of ether oxygens (including phenoxy) is 1. The van der Waals surface area contributed by atoms with Gasteiger partial charge in [0.25, 0.3) is 0 Å². The van der Waals surface area contributed by atoms with Gasteiger partial charge in [-0.2, -0.15) is 18.2 Å². The fourth-order valence-corrected chi connectivity index (χ4v) is 1.56. The summed E-state index contributed by atoms with van der Waals surface area (Å²) in [6, 6.07) is 9.51. The van der Waals surface area contributed by atoms with Crippen molar-refractivity contribution in [2.75, 3.05) is 14.1 Å². The second-order valence-corrected chi connectivity index (χ2v) is 4.67. The SMILES string of the molecule is CN(C)/C=N/c1cccc(Oc2cccc(C(F)(F)F)c2)n1. The average molecular weight is 309 g/mol. The fourth-order valence-electron chi connectivity index (χ4n) is 1.56. The Morgan fingerprint density at radius 2 is 1.86 bits per heavy atom. The lowest BCUT2D eigenvalue weighted by atomic mass is 10.2. The van der Waals surface area contributed by atoms with Gasteiger partial charge in [0.2, 0.25) is 5.88 Å². The smallest absolute Gasteiger partial charge is 0.416 e. The molecule has 0 aliphatic rings. The van der Waals surface area contributed by atoms with Gasteiger partial charge in [0.15, 0.2) is 5.82 Å². The lowest BCUT2D eigenvalue weighted by molar-refractivity contribution is -0.137. The third-order valence-corrected chi connectivity index (χ3v) is 2.51. The minimum atomic E-state index is -4.41. The molecule has 0 bridgehead atoms. The Bertz CT molecular complexity index is 669. The fraction of sp³-hybridized carbons (Fsp3) is 0.200. The Morgan fingerprint density at radius 3 is 2.55 bits per heavy atom. The first kappa shape index (κ1) is 15.8. The molecule has 0 saturated carbocycles. The van der Waals surface area contributed by atoms with Crippen LogP contribution in [-0.2, 0) is 6.18 Å². The highest BCUT2D eigenvalue weighted by Gasteiger charge is 2.30. The van der Waals surface area contributed by atoms with Crippen LogP contribution >= 0.6 is 0 Å². The van der Waals surface area contributed by atoms with Crippen LogP contribution in [0.2, 0.25) is 0 Å². The van der Waals surface area contributed by atoms with Crippen molar-refractivity contribution in [1.82, 2.24) is 9.88 Å². The van der Waals surface area contributed by atoms with Crippen LogP contribution in [-0.4, -0.2) is 30.3 Å². The Labute approximate surface area is 125 Å². The number of benzene rings is 1. The number of aliphatic imine (C=N–C) groups is 1. The van der Waals surface area contributed by atoms with Crippen LogP contribution < -0.4 is 4.74 Å². The maximum Gasteiger partial charge on any atom is 0.416 e. The van der Waals surface area contributed by atoms with E-state index in [1.54, 1.807) is 29.4 Å². The topological polar surface area (TPSA) is 37.7 Å². The number of rotatable bonds is 4. The van der Waals surface area contributed by atoms with Crippen molar-refractivity contribution in [1.29, 1.82) is 0 Å². The molecule has 0 N–H and O–H groups in total. The predicted molar refractivity (Wildman–Crippen MR) is 77.6 cm³/mol. The summed E-state index contributed by atoms with van der Waals surface area (Å²) in [6.07, 6.45) is -2.85. The van der Waals surface area contributed by atoms with E-state index in [1.165, 1.54) is 12.1 Å². The van der Waals surface area contributed by atoms with Crippen molar-refractivity contribution in [3.05, 3.63) is 48.0 Å². The van der Waals surface area contributed by atoms with E-state index in [1.807, 2.05) is 14.1 Å². The average Bonchev–Trinajstić information content (AvgIpc) is 2.45. The van der Waals surface area contributed by atoms with E-state index in [-0.39, 0.29) is 11.6 Å². The minimum Gasteiger partial charge on any atom is -0.439 e. The van der Waals surface area contributed by atoms with Crippen molar-refractivity contribution in [3.63, 3.8) is 0 Å². The monoisotopic (exact) mass is 309 g/mol. The molecule has 22 heavy (non-hydrogen) atoms. The largest absolute Gasteiger partial charge is 0.439 e. The first-order valence-corrected chi connectivity index (χ1v) is 6.37. The van der Waals surface area contributed by atoms with Crippen LogP contribution in [0.15, 0.2) is 47.5 Å². The summed E-state index contributed by atoms with van der Waals surface area (Å²) in [7, 11) is 3.62. The molecule has 2 aromatic rings. The molecule has 0 atom stereocenters. The van der Waals surface area contributed by atoms with Crippen molar-refractivity contribution < 1.29 is 17.9 Å². The molecule has 0 radical (unpaired) electrons. The highest BCUT2D eigenvalue weighted by Crippen LogP contribution is 2.32. The molecule has 0 spiro atoms. The first-order chi connectivity index (χ1) is 10.3. The number of pyridine rings is 1. The summed E-state index contributed by atoms with van der Waals surface area (Å²) < 4.78 is 43.3. The number of nitrogens with zero attached hydrogens (tertiary/aromatic N) is 3. The molecule has 0 aliphatic heterocycles. The number of hydrogen-bond acceptors (Lipinski definition) is 3. The van der Waals surface area contributed by atoms with Crippen LogP contribution in [0.1, 0.15) is 5.56 Å². The summed E-state index contributed by atoms with van der Waals surface area (Å²) in [6.45, 7) is 0. The first-order valence-electron chi connectivity index (χ1n) is 6.37. The minimum absolute atomic E-state index is 0.0658. The van der Waals surface area contributed by atoms with E-state index in [0.717, 1.165) is 12.1 Å². The van der Waals surface area contributed by atoms with Crippen molar-refractivity contribution >= 4 is 12.2 Å². The highest BCUT2D eigenvalue weighted by atomic mass is 19.4. The Balaban J connectivity index is 2.19. The lowest BCUT2D eigenvalue weighted by Gasteiger charge is -2.09. The third-order valence-electron chi connectivity index (χ3n) is 2.51. The van der Waals surface area contributed by atoms with Gasteiger partial charge in [0.05, 0.1) is 11.9 Å². The molecular formula is C15H14F3N3O. The Morgan fingerprint density at radius 1 is 1.14 bits per heavy atom. The summed E-state index contributed by atoms with van der Waals surface area (Å²) in [5, 5.41) is 0. The van der Waals surface area contributed by atoms with Crippen LogP contribution in [0.4, 0.5) is 19.0 Å². The van der Waals surface area contributed by atoms with E-state index in [2.05, 4.69) is 9.98 Å². The van der Waals surface area contributed by atoms with Crippen LogP contribution in [0.25, 0.3) is 0 Å². The van der Waals surface area contributed by atoms with Gasteiger partial charge in [-0.25, -0.2) is 4.99 Å². The number of alkyl halides is 3. The molecule has 4 nitrogen and oxygen atoms in total. The molecule has 0 aliphatic carbocycles. The molecule has 0 unspecified atom stereocenters. The third kappa shape index (κ3) is 4.47. The van der Waals surface area contributed by atoms with Gasteiger partial charge in [-0.3, -0.25) is 0 Å². The highest BCUT2D eigenvalue weighted by molar-refractivity contribution is 5.59. The predicted octanol–water partition coefficient (Wildman–Crippen LogP) is 4.11. The molecule has 0 fully saturated rings. The van der Waals surface area contributed by atoms with E-state index >= 15 is 0 Å². The molecule has 2 rings (SSSR count). The van der Waals surface area contributed by atoms with Gasteiger partial charge < -0.3 is 9.64 Å². The Hall–Kier alpha value is -2.57. The summed E-state index contributed by atoms with van der Waals surface area (Å²) in [4.78, 5) is 9.94. The Kier molecular flexibility index (Phi) is 4.65. The van der Waals surface area contributed by atoms with Gasteiger partial charge >= 0.3 is 6.18 Å². The standard InChI is InChI=1S/C15H14F3N3O/c1-21(2)10-19-13-7-4-8-14(20-13)22-12-6-3-5-11(9-12)15(16,17)18/h3-10H,1-2H3/b19-10+. The molecule has 1 heterocycles. The molecule has 0 amide bonds. The molecular weight excluding hydrogens is 295 g/mol. The van der Waals surface area contributed by atoms with E-state index in [0.29, 0.717) is 5.82 Å². The van der Waals surface area contributed by atoms with Gasteiger partial charge in [-0.1, -0.05) is 12.1 Å². The number of halogens is 3. The molecule has 1 aromatic heterocycles.